The van der Waals surface area contributed by atoms with Gasteiger partial charge in [0.05, 0.1) is 19.5 Å². The zero-order valence-corrected chi connectivity index (χ0v) is 40.8. The minimum absolute atomic E-state index is 0.221. The second-order valence-electron chi connectivity index (χ2n) is 12.2. The molecular weight excluding hydrogens is 753 g/mol. The Hall–Kier alpha value is 1.95. The molecule has 8 nitrogen and oxygen atoms in total. The van der Waals surface area contributed by atoms with Crippen molar-refractivity contribution in [3.05, 3.63) is 0 Å². The van der Waals surface area contributed by atoms with Crippen LogP contribution in [-0.2, 0) is 35.4 Å². The lowest BCUT2D eigenvalue weighted by Gasteiger charge is -2.57. The van der Waals surface area contributed by atoms with Gasteiger partial charge in [0.25, 0.3) is 0 Å². The quantitative estimate of drug-likeness (QED) is 0.0469. The van der Waals surface area contributed by atoms with E-state index in [9.17, 15) is 0 Å². The van der Waals surface area contributed by atoms with Gasteiger partial charge < -0.3 is 35.4 Å². The Labute approximate surface area is 315 Å². The Morgan fingerprint density at radius 2 is 0.958 bits per heavy atom. The van der Waals surface area contributed by atoms with Gasteiger partial charge in [0.2, 0.25) is 0 Å². The lowest BCUT2D eigenvalue weighted by Crippen LogP contribution is -2.58. The standard InChI is InChI=1S/C32H76O8S4Si4/c1-15-23-25-31(47(13,33-9)34-10)44(32(26-24-16-2)48(14,35-11)36-12,42-30(20-6)46(38-22-8)40-28-18-4)43-41-29(19-5)45(37-21-7)39-27-17-3/h29-32,45-46H,15-28H2,1-14H3. The van der Waals surface area contributed by atoms with E-state index in [2.05, 4.69) is 89.1 Å². The highest BCUT2D eigenvalue weighted by Crippen LogP contribution is 2.83. The first-order chi connectivity index (χ1) is 23.0. The molecule has 292 valence electrons. The molecule has 0 rings (SSSR count). The minimum atomic E-state index is -2.73. The molecule has 0 bridgehead atoms. The van der Waals surface area contributed by atoms with Gasteiger partial charge in [-0.1, -0.05) is 88.8 Å². The van der Waals surface area contributed by atoms with Crippen LogP contribution in [0.1, 0.15) is 120 Å². The minimum Gasteiger partial charge on any atom is -0.397 e. The van der Waals surface area contributed by atoms with E-state index in [0.717, 1.165) is 77.4 Å². The van der Waals surface area contributed by atoms with E-state index in [-0.39, 0.29) is 14.6 Å². The predicted octanol–water partition coefficient (Wildman–Crippen LogP) is 9.66. The molecule has 6 unspecified atom stereocenters. The van der Waals surface area contributed by atoms with Gasteiger partial charge >= 0.3 is 35.7 Å². The fraction of sp³-hybridized carbons (Fsp3) is 1.00. The summed E-state index contributed by atoms with van der Waals surface area (Å²) in [5.74, 6) is 0. The molecule has 0 amide bonds. The van der Waals surface area contributed by atoms with E-state index >= 15 is 0 Å². The lowest BCUT2D eigenvalue weighted by molar-refractivity contribution is 0.202. The Morgan fingerprint density at radius 3 is 1.27 bits per heavy atom. The monoisotopic (exact) mass is 828 g/mol. The summed E-state index contributed by atoms with van der Waals surface area (Å²) in [5, 5.41) is 0. The van der Waals surface area contributed by atoms with E-state index in [0.29, 0.717) is 18.1 Å². The van der Waals surface area contributed by atoms with Crippen molar-refractivity contribution >= 4 is 75.2 Å². The van der Waals surface area contributed by atoms with E-state index < -0.39 is 43.8 Å². The van der Waals surface area contributed by atoms with Gasteiger partial charge in [-0.2, -0.15) is 0 Å². The summed E-state index contributed by atoms with van der Waals surface area (Å²) in [7, 11) is 2.57. The summed E-state index contributed by atoms with van der Waals surface area (Å²) in [6.07, 6.45) is 10.5. The second-order valence-corrected chi connectivity index (χ2v) is 36.3. The van der Waals surface area contributed by atoms with Crippen molar-refractivity contribution in [2.24, 2.45) is 0 Å². The van der Waals surface area contributed by atoms with E-state index in [4.69, 9.17) is 35.4 Å². The molecule has 0 saturated carbocycles. The van der Waals surface area contributed by atoms with Gasteiger partial charge in [0, 0.05) is 54.9 Å². The summed E-state index contributed by atoms with van der Waals surface area (Å²) >= 11 is 0. The SMILES string of the molecule is CCCCC([Si](C)(OC)OC)S(SSC(CC)[SiH](OCC)OCCC)(SC(CC)[SiH](OCC)OCCC)C(CCCC)[Si](C)(OC)OC. The maximum absolute atomic E-state index is 6.65. The predicted molar refractivity (Wildman–Crippen MR) is 226 cm³/mol. The van der Waals surface area contributed by atoms with Crippen molar-refractivity contribution < 1.29 is 35.4 Å². The fourth-order valence-corrected chi connectivity index (χ4v) is 50.2. The van der Waals surface area contributed by atoms with E-state index in [1.165, 1.54) is 0 Å². The molecule has 6 atom stereocenters. The van der Waals surface area contributed by atoms with Crippen LogP contribution in [0, 0.1) is 0 Å². The molecule has 0 aromatic rings. The van der Waals surface area contributed by atoms with Crippen LogP contribution in [0.25, 0.3) is 0 Å². The van der Waals surface area contributed by atoms with Crippen molar-refractivity contribution in [1.29, 1.82) is 0 Å². The molecule has 0 aliphatic heterocycles. The molecular formula is C32H76O8S4Si4. The van der Waals surface area contributed by atoms with Gasteiger partial charge in [-0.15, -0.1) is 8.09 Å². The Morgan fingerprint density at radius 1 is 0.562 bits per heavy atom. The molecule has 0 aliphatic carbocycles. The van der Waals surface area contributed by atoms with Crippen LogP contribution in [0.15, 0.2) is 0 Å². The van der Waals surface area contributed by atoms with Crippen molar-refractivity contribution in [1.82, 2.24) is 0 Å². The van der Waals surface area contributed by atoms with Crippen LogP contribution < -0.4 is 0 Å². The van der Waals surface area contributed by atoms with E-state index in [1.54, 1.807) is 0 Å². The number of rotatable bonds is 33. The first-order valence-corrected chi connectivity index (χ1v) is 32.4. The lowest BCUT2D eigenvalue weighted by atomic mass is 10.3. The van der Waals surface area contributed by atoms with Gasteiger partial charge in [0.15, 0.2) is 0 Å². The Balaban J connectivity index is 7.98. The highest BCUT2D eigenvalue weighted by Gasteiger charge is 2.61. The molecule has 0 N–H and O–H groups in total. The third-order valence-corrected chi connectivity index (χ3v) is 44.5. The average Bonchev–Trinajstić information content (AvgIpc) is 3.11. The number of unbranched alkanes of at least 4 members (excludes halogenated alkanes) is 2. The Kier molecular flexibility index (Phi) is 29.6. The van der Waals surface area contributed by atoms with Gasteiger partial charge in [-0.25, -0.2) is 0 Å². The molecule has 0 aromatic heterocycles. The zero-order valence-electron chi connectivity index (χ0n) is 33.3. The summed E-state index contributed by atoms with van der Waals surface area (Å²) < 4.78 is 52.5. The Bertz CT molecular complexity index is 748. The summed E-state index contributed by atoms with van der Waals surface area (Å²) in [6.45, 7) is 25.2. The molecule has 0 aliphatic rings. The van der Waals surface area contributed by atoms with E-state index in [1.807, 2.05) is 39.2 Å². The fourth-order valence-electron chi connectivity index (χ4n) is 5.60. The van der Waals surface area contributed by atoms with Crippen LogP contribution in [0.2, 0.25) is 13.1 Å². The molecule has 0 spiro atoms. The van der Waals surface area contributed by atoms with Gasteiger partial charge in [-0.05, 0) is 75.3 Å². The average molecular weight is 830 g/mol. The summed E-state index contributed by atoms with van der Waals surface area (Å²) in [6, 6.07) is 0. The summed E-state index contributed by atoms with van der Waals surface area (Å²) in [4.78, 5) is 0.988. The van der Waals surface area contributed by atoms with Crippen molar-refractivity contribution in [2.75, 3.05) is 54.9 Å². The van der Waals surface area contributed by atoms with Crippen molar-refractivity contribution in [2.45, 2.75) is 152 Å². The molecule has 16 heteroatoms. The normalized spacial score (nSPS) is 18.5. The third-order valence-electron chi connectivity index (χ3n) is 8.81. The van der Waals surface area contributed by atoms with Crippen LogP contribution in [0.5, 0.6) is 0 Å². The second kappa shape index (κ2) is 28.4. The molecule has 0 saturated heterocycles. The van der Waals surface area contributed by atoms with Gasteiger partial charge in [0.1, 0.15) is 0 Å². The molecule has 0 radical (unpaired) electrons. The van der Waals surface area contributed by atoms with Crippen LogP contribution in [0.4, 0.5) is 0 Å². The van der Waals surface area contributed by atoms with Crippen LogP contribution >= 0.6 is 39.5 Å². The molecule has 0 heterocycles. The maximum Gasteiger partial charge on any atom is 0.347 e. The zero-order chi connectivity index (χ0) is 36.6. The van der Waals surface area contributed by atoms with Crippen LogP contribution in [0.3, 0.4) is 0 Å². The third kappa shape index (κ3) is 15.4. The summed E-state index contributed by atoms with van der Waals surface area (Å²) in [5.41, 5.74) is 0. The molecule has 0 fully saturated rings. The van der Waals surface area contributed by atoms with Crippen molar-refractivity contribution in [3.8, 4) is 0 Å². The van der Waals surface area contributed by atoms with Crippen LogP contribution in [-0.4, -0.2) is 110 Å². The number of hydrogen-bond donors (Lipinski definition) is 0. The van der Waals surface area contributed by atoms with Crippen molar-refractivity contribution in [3.63, 3.8) is 0 Å². The highest BCUT2D eigenvalue weighted by molar-refractivity contribution is 9.38. The first-order valence-electron chi connectivity index (χ1n) is 18.5. The first kappa shape index (κ1) is 49.9. The smallest absolute Gasteiger partial charge is 0.347 e. The maximum atomic E-state index is 6.65. The number of hydrogen-bond acceptors (Lipinski definition) is 11. The molecule has 48 heavy (non-hydrogen) atoms. The highest BCUT2D eigenvalue weighted by atomic mass is 33.7. The van der Waals surface area contributed by atoms with Gasteiger partial charge in [-0.3, -0.25) is 0 Å². The largest absolute Gasteiger partial charge is 0.397 e. The molecule has 0 aromatic carbocycles. The topological polar surface area (TPSA) is 73.8 Å².